The zero-order valence-corrected chi connectivity index (χ0v) is 23.1. The number of nitro benzene ring substituents is 1. The number of hydrogen-bond acceptors (Lipinski definition) is 9. The molecule has 12 nitrogen and oxygen atoms in total. The summed E-state index contributed by atoms with van der Waals surface area (Å²) < 4.78 is 45.1. The van der Waals surface area contributed by atoms with E-state index in [0.29, 0.717) is 45.1 Å². The highest BCUT2D eigenvalue weighted by Gasteiger charge is 2.32. The third kappa shape index (κ3) is 7.99. The number of rotatable bonds is 13. The Morgan fingerprint density at radius 1 is 1.21 bits per heavy atom. The van der Waals surface area contributed by atoms with Crippen molar-refractivity contribution in [2.75, 3.05) is 59.1 Å². The lowest BCUT2D eigenvalue weighted by atomic mass is 10.2. The molecule has 39 heavy (non-hydrogen) atoms. The number of sulfonamides is 1. The van der Waals surface area contributed by atoms with Crippen LogP contribution in [-0.4, -0.2) is 98.5 Å². The number of carbonyl (C=O) groups excluding carboxylic acids is 1. The molecule has 1 aromatic heterocycles. The van der Waals surface area contributed by atoms with Crippen LogP contribution >= 0.6 is 11.6 Å². The van der Waals surface area contributed by atoms with Gasteiger partial charge in [0.05, 0.1) is 48.5 Å². The van der Waals surface area contributed by atoms with Gasteiger partial charge in [0.15, 0.2) is 0 Å². The second-order valence-corrected chi connectivity index (χ2v) is 11.9. The number of nitro groups is 1. The molecule has 14 heteroatoms. The minimum Gasteiger partial charge on any atom is -0.467 e. The van der Waals surface area contributed by atoms with Crippen LogP contribution in [0.4, 0.5) is 5.69 Å². The van der Waals surface area contributed by atoms with E-state index in [2.05, 4.69) is 4.90 Å². The van der Waals surface area contributed by atoms with Crippen LogP contribution in [0.5, 0.6) is 0 Å². The van der Waals surface area contributed by atoms with E-state index in [4.69, 9.17) is 25.5 Å². The smallest absolute Gasteiger partial charge is 0.289 e. The van der Waals surface area contributed by atoms with Crippen LogP contribution in [0.25, 0.3) is 0 Å². The number of furan rings is 1. The van der Waals surface area contributed by atoms with Crippen LogP contribution in [-0.2, 0) is 30.8 Å². The van der Waals surface area contributed by atoms with E-state index >= 15 is 0 Å². The topological polar surface area (TPSA) is 136 Å². The number of ether oxygens (including phenoxy) is 2. The molecule has 0 radical (unpaired) electrons. The van der Waals surface area contributed by atoms with Gasteiger partial charge in [-0.2, -0.15) is 4.31 Å². The maximum Gasteiger partial charge on any atom is 0.289 e. The molecule has 0 saturated carbocycles. The van der Waals surface area contributed by atoms with E-state index in [1.165, 1.54) is 18.4 Å². The first-order valence-corrected chi connectivity index (χ1v) is 14.7. The van der Waals surface area contributed by atoms with Crippen molar-refractivity contribution in [3.05, 3.63) is 57.5 Å². The van der Waals surface area contributed by atoms with Gasteiger partial charge in [-0.3, -0.25) is 19.8 Å². The minimum atomic E-state index is -4.27. The Hall–Kier alpha value is -2.55. The fraction of sp³-hybridized carbons (Fsp3) is 0.560. The molecule has 0 bridgehead atoms. The Morgan fingerprint density at radius 3 is 2.67 bits per heavy atom. The molecule has 2 saturated heterocycles. The predicted octanol–water partition coefficient (Wildman–Crippen LogP) is 2.76. The third-order valence-electron chi connectivity index (χ3n) is 6.78. The van der Waals surface area contributed by atoms with Crippen LogP contribution in [0.1, 0.15) is 25.0 Å². The third-order valence-corrected chi connectivity index (χ3v) is 8.94. The van der Waals surface area contributed by atoms with E-state index in [-0.39, 0.29) is 29.1 Å². The largest absolute Gasteiger partial charge is 0.467 e. The monoisotopic (exact) mass is 584 g/mol. The van der Waals surface area contributed by atoms with Crippen molar-refractivity contribution in [1.29, 1.82) is 0 Å². The zero-order chi connectivity index (χ0) is 27.8. The Morgan fingerprint density at radius 2 is 2.00 bits per heavy atom. The number of halogens is 1. The number of morpholine rings is 1. The molecule has 3 heterocycles. The van der Waals surface area contributed by atoms with Gasteiger partial charge in [-0.05, 0) is 50.1 Å². The number of amides is 1. The lowest BCUT2D eigenvalue weighted by molar-refractivity contribution is -0.384. The van der Waals surface area contributed by atoms with Gasteiger partial charge in [-0.1, -0.05) is 11.6 Å². The molecule has 2 aliphatic rings. The van der Waals surface area contributed by atoms with Crippen molar-refractivity contribution in [3.63, 3.8) is 0 Å². The van der Waals surface area contributed by atoms with Crippen molar-refractivity contribution in [2.24, 2.45) is 0 Å². The van der Waals surface area contributed by atoms with E-state index < -0.39 is 33.1 Å². The van der Waals surface area contributed by atoms with Gasteiger partial charge in [0.2, 0.25) is 15.9 Å². The van der Waals surface area contributed by atoms with Gasteiger partial charge in [0, 0.05) is 38.9 Å². The van der Waals surface area contributed by atoms with Crippen molar-refractivity contribution < 1.29 is 32.0 Å². The summed E-state index contributed by atoms with van der Waals surface area (Å²) in [5.74, 6) is 0.150. The summed E-state index contributed by atoms with van der Waals surface area (Å²) in [6.45, 7) is 4.03. The molecule has 1 amide bonds. The molecule has 4 rings (SSSR count). The Balaban J connectivity index is 1.55. The summed E-state index contributed by atoms with van der Waals surface area (Å²) in [5, 5.41) is 11.2. The molecule has 1 atom stereocenters. The van der Waals surface area contributed by atoms with Crippen LogP contribution in [0, 0.1) is 10.1 Å². The molecule has 0 aliphatic carbocycles. The van der Waals surface area contributed by atoms with E-state index in [1.807, 2.05) is 0 Å². The molecule has 1 unspecified atom stereocenters. The molecule has 2 aromatic rings. The van der Waals surface area contributed by atoms with Gasteiger partial charge in [-0.25, -0.2) is 8.42 Å². The van der Waals surface area contributed by atoms with Gasteiger partial charge in [0.25, 0.3) is 5.69 Å². The van der Waals surface area contributed by atoms with Crippen molar-refractivity contribution in [3.8, 4) is 0 Å². The van der Waals surface area contributed by atoms with Crippen molar-refractivity contribution in [2.45, 2.75) is 36.8 Å². The molecule has 2 aliphatic heterocycles. The van der Waals surface area contributed by atoms with E-state index in [0.717, 1.165) is 36.3 Å². The first kappa shape index (κ1) is 29.4. The minimum absolute atomic E-state index is 0.0520. The normalized spacial score (nSPS) is 18.5. The summed E-state index contributed by atoms with van der Waals surface area (Å²) in [5.41, 5.74) is -0.518. The highest BCUT2D eigenvalue weighted by Crippen LogP contribution is 2.29. The van der Waals surface area contributed by atoms with E-state index in [1.54, 1.807) is 17.0 Å². The van der Waals surface area contributed by atoms with Gasteiger partial charge in [-0.15, -0.1) is 0 Å². The summed E-state index contributed by atoms with van der Waals surface area (Å²) >= 11 is 5.92. The predicted molar refractivity (Wildman–Crippen MR) is 142 cm³/mol. The fourth-order valence-electron chi connectivity index (χ4n) is 4.65. The lowest BCUT2D eigenvalue weighted by Crippen LogP contribution is -2.46. The molecule has 214 valence electrons. The first-order valence-electron chi connectivity index (χ1n) is 12.9. The number of hydrogen-bond donors (Lipinski definition) is 0. The quantitative estimate of drug-likeness (QED) is 0.257. The van der Waals surface area contributed by atoms with E-state index in [9.17, 15) is 23.3 Å². The molecule has 0 N–H and O–H groups in total. The van der Waals surface area contributed by atoms with Crippen LogP contribution in [0.15, 0.2) is 45.9 Å². The van der Waals surface area contributed by atoms with Crippen molar-refractivity contribution >= 4 is 33.2 Å². The lowest BCUT2D eigenvalue weighted by Gasteiger charge is -2.30. The highest BCUT2D eigenvalue weighted by molar-refractivity contribution is 7.89. The fourth-order valence-corrected chi connectivity index (χ4v) is 6.29. The van der Waals surface area contributed by atoms with Gasteiger partial charge >= 0.3 is 0 Å². The highest BCUT2D eigenvalue weighted by atomic mass is 35.5. The Labute approximate surface area is 232 Å². The molecule has 0 spiro atoms. The van der Waals surface area contributed by atoms with Gasteiger partial charge in [0.1, 0.15) is 10.8 Å². The van der Waals surface area contributed by atoms with Crippen molar-refractivity contribution in [1.82, 2.24) is 14.1 Å². The molecular weight excluding hydrogens is 552 g/mol. The SMILES string of the molecule is O=C(CN(CCCN1CCOCC1)S(=O)(=O)c1ccc(Cl)c([N+](=O)[O-])c1)N(Cc1ccco1)CC1CCCO1. The Kier molecular flexibility index (Phi) is 10.3. The second kappa shape index (κ2) is 13.7. The summed E-state index contributed by atoms with van der Waals surface area (Å²) in [7, 11) is -4.27. The Bertz CT molecular complexity index is 1210. The van der Waals surface area contributed by atoms with Crippen LogP contribution in [0.3, 0.4) is 0 Å². The number of carbonyl (C=O) groups is 1. The first-order chi connectivity index (χ1) is 18.7. The van der Waals surface area contributed by atoms with Crippen LogP contribution in [0.2, 0.25) is 5.02 Å². The molecular formula is C25H33ClN4O8S. The zero-order valence-electron chi connectivity index (χ0n) is 21.6. The second-order valence-electron chi connectivity index (χ2n) is 9.51. The average Bonchev–Trinajstić information content (AvgIpc) is 3.63. The summed E-state index contributed by atoms with van der Waals surface area (Å²) in [4.78, 5) is 27.7. The van der Waals surface area contributed by atoms with Crippen LogP contribution < -0.4 is 0 Å². The number of nitrogens with zero attached hydrogens (tertiary/aromatic N) is 4. The summed E-state index contributed by atoms with van der Waals surface area (Å²) in [6, 6.07) is 6.81. The maximum absolute atomic E-state index is 13.7. The standard InChI is InChI=1S/C25H33ClN4O8S/c26-23-7-6-22(16-24(23)30(32)33)39(34,35)29(9-3-8-27-10-14-36-15-11-27)19-25(31)28(17-20-4-1-12-37-20)18-21-5-2-13-38-21/h1,4,6-7,12,16,21H,2-3,5,8-11,13-15,17-19H2. The molecule has 2 fully saturated rings. The number of benzene rings is 1. The summed E-state index contributed by atoms with van der Waals surface area (Å²) in [6.07, 6.45) is 3.53. The average molecular weight is 585 g/mol. The van der Waals surface area contributed by atoms with Gasteiger partial charge < -0.3 is 18.8 Å². The molecule has 1 aromatic carbocycles. The maximum atomic E-state index is 13.7.